The van der Waals surface area contributed by atoms with Gasteiger partial charge in [-0.25, -0.2) is 8.42 Å². The van der Waals surface area contributed by atoms with Crippen LogP contribution in [-0.4, -0.2) is 25.5 Å². The second-order valence-corrected chi connectivity index (χ2v) is 5.73. The molecule has 0 saturated carbocycles. The second kappa shape index (κ2) is 6.45. The topological polar surface area (TPSA) is 54.4 Å². The first-order valence-corrected chi connectivity index (χ1v) is 6.84. The van der Waals surface area contributed by atoms with Crippen LogP contribution in [0.25, 0.3) is 0 Å². The highest BCUT2D eigenvalue weighted by Gasteiger charge is 1.95. The summed E-state index contributed by atoms with van der Waals surface area (Å²) in [4.78, 5) is 0. The molecule has 0 fully saturated rings. The molecular formula is C11H18O3S. The Morgan fingerprint density at radius 2 is 1.67 bits per heavy atom. The third kappa shape index (κ3) is 9.28. The number of phenols is 1. The molecular weight excluding hydrogens is 212 g/mol. The standard InChI is InChI=1S/C7H8O.C4H10O2S/c1-6-2-4-7(8)5-3-6;1-3-4-7(2,5)6/h2-5,8H,1H3;3-4H2,1-2H3. The van der Waals surface area contributed by atoms with Crippen LogP contribution in [-0.2, 0) is 9.84 Å². The molecule has 86 valence electrons. The molecule has 1 rings (SSSR count). The maximum Gasteiger partial charge on any atom is 0.147 e. The summed E-state index contributed by atoms with van der Waals surface area (Å²) in [5, 5.41) is 8.76. The summed E-state index contributed by atoms with van der Waals surface area (Å²) in [5.74, 6) is 0.642. The lowest BCUT2D eigenvalue weighted by Gasteiger charge is -1.89. The Balaban J connectivity index is 0.000000265. The zero-order valence-corrected chi connectivity index (χ0v) is 10.2. The van der Waals surface area contributed by atoms with Crippen LogP contribution >= 0.6 is 0 Å². The molecule has 1 aromatic rings. The molecule has 0 atom stereocenters. The van der Waals surface area contributed by atoms with E-state index in [1.807, 2.05) is 26.0 Å². The van der Waals surface area contributed by atoms with Gasteiger partial charge >= 0.3 is 0 Å². The van der Waals surface area contributed by atoms with Gasteiger partial charge in [-0.3, -0.25) is 0 Å². The molecule has 0 spiro atoms. The summed E-state index contributed by atoms with van der Waals surface area (Å²) in [7, 11) is -2.67. The molecule has 0 aliphatic rings. The summed E-state index contributed by atoms with van der Waals surface area (Å²) in [6.45, 7) is 3.83. The van der Waals surface area contributed by atoms with E-state index in [0.717, 1.165) is 6.42 Å². The van der Waals surface area contributed by atoms with Crippen LogP contribution < -0.4 is 0 Å². The van der Waals surface area contributed by atoms with Crippen molar-refractivity contribution in [3.63, 3.8) is 0 Å². The molecule has 15 heavy (non-hydrogen) atoms. The number of phenolic OH excluding ortho intramolecular Hbond substituents is 1. The Bertz CT molecular complexity index is 344. The van der Waals surface area contributed by atoms with Gasteiger partial charge in [0, 0.05) is 12.0 Å². The second-order valence-electron chi connectivity index (χ2n) is 3.47. The summed E-state index contributed by atoms with van der Waals surface area (Å²) in [5.41, 5.74) is 1.17. The van der Waals surface area contributed by atoms with Gasteiger partial charge in [0.05, 0.1) is 0 Å². The Hall–Kier alpha value is -1.03. The number of rotatable bonds is 2. The first kappa shape index (κ1) is 14.0. The van der Waals surface area contributed by atoms with Gasteiger partial charge < -0.3 is 5.11 Å². The van der Waals surface area contributed by atoms with E-state index in [4.69, 9.17) is 5.11 Å². The molecule has 0 aliphatic heterocycles. The van der Waals surface area contributed by atoms with E-state index in [-0.39, 0.29) is 0 Å². The van der Waals surface area contributed by atoms with Crippen LogP contribution in [0.15, 0.2) is 24.3 Å². The molecule has 0 radical (unpaired) electrons. The normalized spacial score (nSPS) is 10.3. The first-order valence-electron chi connectivity index (χ1n) is 4.78. The third-order valence-electron chi connectivity index (χ3n) is 1.61. The maximum atomic E-state index is 10.2. The minimum Gasteiger partial charge on any atom is -0.508 e. The summed E-state index contributed by atoms with van der Waals surface area (Å²) in [6, 6.07) is 7.09. The van der Waals surface area contributed by atoms with Gasteiger partial charge in [0.15, 0.2) is 0 Å². The van der Waals surface area contributed by atoms with Crippen molar-refractivity contribution in [2.45, 2.75) is 20.3 Å². The van der Waals surface area contributed by atoms with Crippen LogP contribution in [0, 0.1) is 6.92 Å². The number of aromatic hydroxyl groups is 1. The van der Waals surface area contributed by atoms with Crippen molar-refractivity contribution < 1.29 is 13.5 Å². The summed E-state index contributed by atoms with van der Waals surface area (Å²) < 4.78 is 20.5. The Labute approximate surface area is 91.7 Å². The number of aryl methyl sites for hydroxylation is 1. The lowest BCUT2D eigenvalue weighted by Crippen LogP contribution is -2.00. The molecule has 0 amide bonds. The predicted molar refractivity (Wildman–Crippen MR) is 62.8 cm³/mol. The SMILES string of the molecule is CCCS(C)(=O)=O.Cc1ccc(O)cc1. The number of benzene rings is 1. The van der Waals surface area contributed by atoms with Crippen LogP contribution in [0.4, 0.5) is 0 Å². The van der Waals surface area contributed by atoms with E-state index in [9.17, 15) is 8.42 Å². The molecule has 1 aromatic carbocycles. The molecule has 0 aromatic heterocycles. The fourth-order valence-electron chi connectivity index (χ4n) is 0.916. The van der Waals surface area contributed by atoms with Gasteiger partial charge in [-0.2, -0.15) is 0 Å². The lowest BCUT2D eigenvalue weighted by atomic mass is 10.2. The quantitative estimate of drug-likeness (QED) is 0.847. The van der Waals surface area contributed by atoms with E-state index >= 15 is 0 Å². The van der Waals surface area contributed by atoms with Gasteiger partial charge in [0.25, 0.3) is 0 Å². The lowest BCUT2D eigenvalue weighted by molar-refractivity contribution is 0.475. The minimum absolute atomic E-state index is 0.312. The van der Waals surface area contributed by atoms with Crippen LogP contribution in [0.3, 0.4) is 0 Å². The number of hydrogen-bond acceptors (Lipinski definition) is 3. The van der Waals surface area contributed by atoms with Crippen LogP contribution in [0.1, 0.15) is 18.9 Å². The van der Waals surface area contributed by atoms with E-state index in [2.05, 4.69) is 0 Å². The zero-order chi connectivity index (χ0) is 11.9. The van der Waals surface area contributed by atoms with Gasteiger partial charge in [0.1, 0.15) is 15.6 Å². The van der Waals surface area contributed by atoms with Crippen molar-refractivity contribution >= 4 is 9.84 Å². The molecule has 0 heterocycles. The molecule has 0 aliphatic carbocycles. The molecule has 4 heteroatoms. The molecule has 0 unspecified atom stereocenters. The Morgan fingerprint density at radius 1 is 1.20 bits per heavy atom. The summed E-state index contributed by atoms with van der Waals surface area (Å²) >= 11 is 0. The van der Waals surface area contributed by atoms with Crippen LogP contribution in [0.5, 0.6) is 5.75 Å². The Kier molecular flexibility index (Phi) is 6.01. The van der Waals surface area contributed by atoms with Crippen molar-refractivity contribution in [1.29, 1.82) is 0 Å². The highest BCUT2D eigenvalue weighted by atomic mass is 32.2. The largest absolute Gasteiger partial charge is 0.508 e. The molecule has 0 bridgehead atoms. The number of hydrogen-bond donors (Lipinski definition) is 1. The monoisotopic (exact) mass is 230 g/mol. The van der Waals surface area contributed by atoms with E-state index in [1.165, 1.54) is 11.8 Å². The van der Waals surface area contributed by atoms with Crippen LogP contribution in [0.2, 0.25) is 0 Å². The predicted octanol–water partition coefficient (Wildman–Crippen LogP) is 2.14. The smallest absolute Gasteiger partial charge is 0.147 e. The summed E-state index contributed by atoms with van der Waals surface area (Å²) in [6.07, 6.45) is 1.97. The fraction of sp³-hybridized carbons (Fsp3) is 0.455. The maximum absolute atomic E-state index is 10.2. The highest BCUT2D eigenvalue weighted by molar-refractivity contribution is 7.90. The minimum atomic E-state index is -2.67. The van der Waals surface area contributed by atoms with Gasteiger partial charge in [-0.05, 0) is 25.5 Å². The fourth-order valence-corrected chi connectivity index (χ4v) is 1.66. The Morgan fingerprint density at radius 3 is 1.87 bits per heavy atom. The van der Waals surface area contributed by atoms with Crippen molar-refractivity contribution in [3.05, 3.63) is 29.8 Å². The molecule has 0 saturated heterocycles. The van der Waals surface area contributed by atoms with E-state index in [0.29, 0.717) is 11.5 Å². The van der Waals surface area contributed by atoms with E-state index < -0.39 is 9.84 Å². The van der Waals surface area contributed by atoms with Gasteiger partial charge in [0.2, 0.25) is 0 Å². The van der Waals surface area contributed by atoms with E-state index in [1.54, 1.807) is 12.1 Å². The number of sulfone groups is 1. The first-order chi connectivity index (χ1) is 6.85. The van der Waals surface area contributed by atoms with Crippen molar-refractivity contribution in [2.24, 2.45) is 0 Å². The molecule has 3 nitrogen and oxygen atoms in total. The highest BCUT2D eigenvalue weighted by Crippen LogP contribution is 2.07. The third-order valence-corrected chi connectivity index (χ3v) is 2.76. The van der Waals surface area contributed by atoms with Crippen molar-refractivity contribution in [2.75, 3.05) is 12.0 Å². The average molecular weight is 230 g/mol. The van der Waals surface area contributed by atoms with Crippen molar-refractivity contribution in [1.82, 2.24) is 0 Å². The van der Waals surface area contributed by atoms with Gasteiger partial charge in [-0.15, -0.1) is 0 Å². The average Bonchev–Trinajstić information content (AvgIpc) is 2.09. The molecule has 1 N–H and O–H groups in total. The van der Waals surface area contributed by atoms with Gasteiger partial charge in [-0.1, -0.05) is 24.6 Å². The zero-order valence-electron chi connectivity index (χ0n) is 9.40. The van der Waals surface area contributed by atoms with Crippen molar-refractivity contribution in [3.8, 4) is 5.75 Å².